The van der Waals surface area contributed by atoms with Gasteiger partial charge in [0.2, 0.25) is 0 Å². The molecule has 2 aliphatic carbocycles. The van der Waals surface area contributed by atoms with Crippen LogP contribution in [0.3, 0.4) is 0 Å². The second kappa shape index (κ2) is 4.71. The number of hydrogen-bond donors (Lipinski definition) is 0. The molecule has 112 valence electrons. The molecule has 1 saturated carbocycles. The van der Waals surface area contributed by atoms with Gasteiger partial charge in [0.1, 0.15) is 5.60 Å². The summed E-state index contributed by atoms with van der Waals surface area (Å²) >= 11 is 0. The Morgan fingerprint density at radius 2 is 2.00 bits per heavy atom. The fraction of sp³-hybridized carbons (Fsp3) is 0.765. The third kappa shape index (κ3) is 2.55. The largest absolute Gasteiger partial charge is 0.460 e. The molecule has 0 aromatic rings. The SMILES string of the molecule is CC1=C[C@@H]2C[C@H](C(=O)OC(C)(C)C)[C@@H](C)[C@@](C)(C2)C1=O. The van der Waals surface area contributed by atoms with E-state index in [0.717, 1.165) is 18.4 Å². The van der Waals surface area contributed by atoms with Crippen LogP contribution in [0, 0.1) is 23.2 Å². The standard InChI is InChI=1S/C17H26O3/c1-10-7-12-8-13(15(19)20-16(3,4)5)11(2)17(6,9-12)14(10)18/h7,11-13H,8-9H2,1-6H3/t11-,12-,13+,17-/m1/s1. The Hall–Kier alpha value is -1.12. The van der Waals surface area contributed by atoms with Gasteiger partial charge in [-0.3, -0.25) is 9.59 Å². The van der Waals surface area contributed by atoms with Crippen LogP contribution in [-0.2, 0) is 14.3 Å². The van der Waals surface area contributed by atoms with Gasteiger partial charge in [0.15, 0.2) is 5.78 Å². The molecule has 4 atom stereocenters. The fourth-order valence-corrected chi connectivity index (χ4v) is 3.77. The lowest BCUT2D eigenvalue weighted by molar-refractivity contribution is -0.168. The minimum Gasteiger partial charge on any atom is -0.460 e. The number of allylic oxidation sites excluding steroid dienone is 2. The van der Waals surface area contributed by atoms with Gasteiger partial charge in [-0.2, -0.15) is 0 Å². The lowest BCUT2D eigenvalue weighted by atomic mass is 9.55. The zero-order chi connectivity index (χ0) is 15.3. The van der Waals surface area contributed by atoms with Crippen molar-refractivity contribution < 1.29 is 14.3 Å². The molecule has 0 N–H and O–H groups in total. The lowest BCUT2D eigenvalue weighted by Gasteiger charge is -2.48. The molecule has 20 heavy (non-hydrogen) atoms. The summed E-state index contributed by atoms with van der Waals surface area (Å²) in [5.41, 5.74) is -0.0261. The van der Waals surface area contributed by atoms with Crippen LogP contribution in [0.2, 0.25) is 0 Å². The Labute approximate surface area is 121 Å². The summed E-state index contributed by atoms with van der Waals surface area (Å²) in [5.74, 6) is 0.235. The number of ether oxygens (including phenoxy) is 1. The normalized spacial score (nSPS) is 37.4. The molecule has 0 aromatic heterocycles. The number of hydrogen-bond acceptors (Lipinski definition) is 3. The molecule has 0 heterocycles. The smallest absolute Gasteiger partial charge is 0.309 e. The summed E-state index contributed by atoms with van der Waals surface area (Å²) < 4.78 is 5.55. The Balaban J connectivity index is 2.27. The summed E-state index contributed by atoms with van der Waals surface area (Å²) in [6, 6.07) is 0. The number of ketones is 1. The quantitative estimate of drug-likeness (QED) is 0.689. The van der Waals surface area contributed by atoms with Crippen molar-refractivity contribution in [2.24, 2.45) is 23.2 Å². The maximum Gasteiger partial charge on any atom is 0.309 e. The fourth-order valence-electron chi connectivity index (χ4n) is 3.77. The molecule has 2 rings (SSSR count). The van der Waals surface area contributed by atoms with Crippen molar-refractivity contribution in [2.75, 3.05) is 0 Å². The maximum absolute atomic E-state index is 12.5. The van der Waals surface area contributed by atoms with Crippen LogP contribution in [-0.4, -0.2) is 17.4 Å². The first kappa shape index (κ1) is 15.3. The van der Waals surface area contributed by atoms with Gasteiger partial charge >= 0.3 is 5.97 Å². The van der Waals surface area contributed by atoms with Crippen LogP contribution in [0.1, 0.15) is 54.4 Å². The number of Topliss-reactive ketones (excluding diaryl/α,β-unsaturated/α-hetero) is 1. The Bertz CT molecular complexity index is 469. The highest BCUT2D eigenvalue weighted by Crippen LogP contribution is 2.52. The highest BCUT2D eigenvalue weighted by atomic mass is 16.6. The monoisotopic (exact) mass is 278 g/mol. The topological polar surface area (TPSA) is 43.4 Å². The van der Waals surface area contributed by atoms with E-state index >= 15 is 0 Å². The van der Waals surface area contributed by atoms with Crippen LogP contribution >= 0.6 is 0 Å². The second-order valence-electron chi connectivity index (χ2n) is 7.72. The molecular weight excluding hydrogens is 252 g/mol. The summed E-state index contributed by atoms with van der Waals surface area (Å²) in [7, 11) is 0. The number of esters is 1. The Morgan fingerprint density at radius 3 is 2.55 bits per heavy atom. The molecule has 0 amide bonds. The van der Waals surface area contributed by atoms with E-state index in [1.807, 2.05) is 47.6 Å². The molecule has 3 nitrogen and oxygen atoms in total. The molecule has 2 bridgehead atoms. The minimum atomic E-state index is -0.472. The molecule has 1 fully saturated rings. The van der Waals surface area contributed by atoms with Gasteiger partial charge in [-0.15, -0.1) is 0 Å². The molecule has 0 saturated heterocycles. The molecular formula is C17H26O3. The van der Waals surface area contributed by atoms with Gasteiger partial charge in [-0.05, 0) is 57.9 Å². The van der Waals surface area contributed by atoms with E-state index < -0.39 is 11.0 Å². The van der Waals surface area contributed by atoms with E-state index in [-0.39, 0.29) is 23.6 Å². The van der Waals surface area contributed by atoms with Gasteiger partial charge in [-0.25, -0.2) is 0 Å². The molecule has 0 aromatic carbocycles. The van der Waals surface area contributed by atoms with E-state index in [1.165, 1.54) is 0 Å². The van der Waals surface area contributed by atoms with E-state index in [4.69, 9.17) is 4.74 Å². The van der Waals surface area contributed by atoms with E-state index in [2.05, 4.69) is 0 Å². The predicted octanol–water partition coefficient (Wildman–Crippen LogP) is 3.53. The highest BCUT2D eigenvalue weighted by molar-refractivity contribution is 6.00. The first-order valence-electron chi connectivity index (χ1n) is 7.50. The van der Waals surface area contributed by atoms with Crippen LogP contribution in [0.4, 0.5) is 0 Å². The average Bonchev–Trinajstić information content (AvgIpc) is 2.28. The van der Waals surface area contributed by atoms with Crippen LogP contribution in [0.5, 0.6) is 0 Å². The number of rotatable bonds is 1. The van der Waals surface area contributed by atoms with Crippen molar-refractivity contribution >= 4 is 11.8 Å². The van der Waals surface area contributed by atoms with Crippen LogP contribution in [0.25, 0.3) is 0 Å². The summed E-state index contributed by atoms with van der Waals surface area (Å²) in [5, 5.41) is 0. The summed E-state index contributed by atoms with van der Waals surface area (Å²) in [6.07, 6.45) is 3.72. The average molecular weight is 278 g/mol. The van der Waals surface area contributed by atoms with Gasteiger partial charge in [0, 0.05) is 5.41 Å². The highest BCUT2D eigenvalue weighted by Gasteiger charge is 2.52. The van der Waals surface area contributed by atoms with Crippen molar-refractivity contribution in [1.29, 1.82) is 0 Å². The van der Waals surface area contributed by atoms with Gasteiger partial charge in [0.25, 0.3) is 0 Å². The molecule has 3 heteroatoms. The van der Waals surface area contributed by atoms with Crippen LogP contribution in [0.15, 0.2) is 11.6 Å². The van der Waals surface area contributed by atoms with Crippen molar-refractivity contribution in [2.45, 2.75) is 60.0 Å². The first-order chi connectivity index (χ1) is 9.04. The van der Waals surface area contributed by atoms with Crippen molar-refractivity contribution in [3.05, 3.63) is 11.6 Å². The number of carbonyl (C=O) groups is 2. The zero-order valence-corrected chi connectivity index (χ0v) is 13.4. The van der Waals surface area contributed by atoms with Gasteiger partial charge in [0.05, 0.1) is 5.92 Å². The van der Waals surface area contributed by atoms with Crippen molar-refractivity contribution in [3.63, 3.8) is 0 Å². The number of fused-ring (bicyclic) bond motifs is 2. The maximum atomic E-state index is 12.5. The van der Waals surface area contributed by atoms with Gasteiger partial charge < -0.3 is 4.74 Å². The van der Waals surface area contributed by atoms with E-state index in [1.54, 1.807) is 0 Å². The molecule has 0 unspecified atom stereocenters. The summed E-state index contributed by atoms with van der Waals surface area (Å²) in [6.45, 7) is 11.6. The Kier molecular flexibility index (Phi) is 3.60. The molecule has 0 radical (unpaired) electrons. The Morgan fingerprint density at radius 1 is 1.40 bits per heavy atom. The third-order valence-electron chi connectivity index (χ3n) is 4.92. The second-order valence-corrected chi connectivity index (χ2v) is 7.72. The molecule has 2 aliphatic rings. The van der Waals surface area contributed by atoms with Gasteiger partial charge in [-0.1, -0.05) is 19.9 Å². The molecule has 0 aliphatic heterocycles. The number of carbonyl (C=O) groups excluding carboxylic acids is 2. The summed E-state index contributed by atoms with van der Waals surface area (Å²) in [4.78, 5) is 24.9. The van der Waals surface area contributed by atoms with Crippen molar-refractivity contribution in [3.8, 4) is 0 Å². The molecule has 0 spiro atoms. The van der Waals surface area contributed by atoms with Crippen molar-refractivity contribution in [1.82, 2.24) is 0 Å². The van der Waals surface area contributed by atoms with E-state index in [9.17, 15) is 9.59 Å². The van der Waals surface area contributed by atoms with Crippen LogP contribution < -0.4 is 0 Å². The third-order valence-corrected chi connectivity index (χ3v) is 4.92. The lowest BCUT2D eigenvalue weighted by Crippen LogP contribution is -2.50. The van der Waals surface area contributed by atoms with E-state index in [0.29, 0.717) is 5.92 Å². The minimum absolute atomic E-state index is 0.0322. The zero-order valence-electron chi connectivity index (χ0n) is 13.4. The first-order valence-corrected chi connectivity index (χ1v) is 7.50. The predicted molar refractivity (Wildman–Crippen MR) is 78.1 cm³/mol.